The molecule has 1 fully saturated rings. The third kappa shape index (κ3) is 4.69. The van der Waals surface area contributed by atoms with Crippen LogP contribution in [0.5, 0.6) is 0 Å². The Morgan fingerprint density at radius 2 is 1.78 bits per heavy atom. The zero-order chi connectivity index (χ0) is 20.1. The number of carbonyl (C=O) groups excluding carboxylic acids is 2. The van der Waals surface area contributed by atoms with Crippen molar-refractivity contribution in [1.29, 1.82) is 0 Å². The molecule has 0 amide bonds. The van der Waals surface area contributed by atoms with Crippen LogP contribution in [-0.4, -0.2) is 103 Å². The van der Waals surface area contributed by atoms with Gasteiger partial charge >= 0.3 is 11.9 Å². The number of hydrogen-bond acceptors (Lipinski definition) is 11. The molecule has 2 unspecified atom stereocenters. The van der Waals surface area contributed by atoms with Crippen LogP contribution in [0.4, 0.5) is 0 Å². The minimum absolute atomic E-state index is 0.0332. The normalized spacial score (nSPS) is 31.3. The number of esters is 2. The van der Waals surface area contributed by atoms with Gasteiger partial charge in [-0.3, -0.25) is 4.99 Å². The van der Waals surface area contributed by atoms with E-state index in [0.717, 1.165) is 0 Å². The second kappa shape index (κ2) is 9.35. The summed E-state index contributed by atoms with van der Waals surface area (Å²) >= 11 is 0. The molecule has 152 valence electrons. The number of aliphatic imine (C=N–C) groups is 1. The lowest BCUT2D eigenvalue weighted by Crippen LogP contribution is -2.59. The van der Waals surface area contributed by atoms with E-state index in [-0.39, 0.29) is 30.9 Å². The molecule has 2 aliphatic rings. The van der Waals surface area contributed by atoms with Gasteiger partial charge in [0.25, 0.3) is 0 Å². The molecule has 2 heterocycles. The van der Waals surface area contributed by atoms with Crippen LogP contribution in [-0.2, 0) is 28.5 Å². The van der Waals surface area contributed by atoms with Crippen LogP contribution in [0.15, 0.2) is 16.1 Å². The van der Waals surface area contributed by atoms with E-state index >= 15 is 0 Å². The second-order valence-corrected chi connectivity index (χ2v) is 6.01. The van der Waals surface area contributed by atoms with Gasteiger partial charge < -0.3 is 39.4 Å². The first kappa shape index (κ1) is 21.4. The number of hydrogen-bond donors (Lipinski definition) is 4. The monoisotopic (exact) mass is 389 g/mol. The molecule has 0 aromatic heterocycles. The molecule has 0 aromatic rings. The number of aliphatic hydroxyl groups is 4. The maximum Gasteiger partial charge on any atom is 0.352 e. The van der Waals surface area contributed by atoms with Gasteiger partial charge in [0, 0.05) is 6.42 Å². The number of aliphatic hydroxyl groups excluding tert-OH is 4. The SMILES string of the molecule is COC(=O)C1=NCC(C(=O)OC)=C(CO[C@@H]2OC(CO)[C@H](O)[C@H](O)C2O)C1. The summed E-state index contributed by atoms with van der Waals surface area (Å²) in [5.41, 5.74) is 0.654. The topological polar surface area (TPSA) is 164 Å². The summed E-state index contributed by atoms with van der Waals surface area (Å²) in [6, 6.07) is 0. The van der Waals surface area contributed by atoms with Crippen LogP contribution in [0, 0.1) is 0 Å². The molecule has 27 heavy (non-hydrogen) atoms. The zero-order valence-corrected chi connectivity index (χ0v) is 14.9. The Bertz CT molecular complexity index is 629. The highest BCUT2D eigenvalue weighted by molar-refractivity contribution is 6.37. The van der Waals surface area contributed by atoms with Crippen LogP contribution < -0.4 is 0 Å². The van der Waals surface area contributed by atoms with Crippen LogP contribution in [0.25, 0.3) is 0 Å². The Morgan fingerprint density at radius 1 is 1.11 bits per heavy atom. The van der Waals surface area contributed by atoms with Crippen molar-refractivity contribution in [3.8, 4) is 0 Å². The van der Waals surface area contributed by atoms with Crippen molar-refractivity contribution in [3.63, 3.8) is 0 Å². The Morgan fingerprint density at radius 3 is 2.37 bits per heavy atom. The van der Waals surface area contributed by atoms with E-state index in [9.17, 15) is 30.0 Å². The quantitative estimate of drug-likeness (QED) is 0.351. The van der Waals surface area contributed by atoms with E-state index in [4.69, 9.17) is 14.2 Å². The summed E-state index contributed by atoms with van der Waals surface area (Å²) in [5.74, 6) is -1.29. The molecule has 0 aromatic carbocycles. The fraction of sp³-hybridized carbons (Fsp3) is 0.688. The maximum atomic E-state index is 11.9. The fourth-order valence-electron chi connectivity index (χ4n) is 2.76. The van der Waals surface area contributed by atoms with Crippen LogP contribution in [0.2, 0.25) is 0 Å². The van der Waals surface area contributed by atoms with Gasteiger partial charge in [-0.05, 0) is 5.57 Å². The summed E-state index contributed by atoms with van der Waals surface area (Å²) in [7, 11) is 2.40. The second-order valence-electron chi connectivity index (χ2n) is 6.01. The average Bonchev–Trinajstić information content (AvgIpc) is 2.70. The van der Waals surface area contributed by atoms with E-state index in [1.807, 2.05) is 0 Å². The molecule has 4 N–H and O–H groups in total. The molecule has 5 atom stereocenters. The standard InChI is InChI=1S/C16H23NO10/c1-24-14(22)8-4-17-9(15(23)25-2)3-7(8)6-26-16-13(21)12(20)11(19)10(5-18)27-16/h10-13,16,18-21H,3-6H2,1-2H3/t10?,11-,12-,13?,16+/m0/s1. The lowest BCUT2D eigenvalue weighted by atomic mass is 9.98. The number of nitrogens with zero attached hydrogens (tertiary/aromatic N) is 1. The number of ether oxygens (including phenoxy) is 4. The molecule has 0 bridgehead atoms. The van der Waals surface area contributed by atoms with Crippen molar-refractivity contribution in [2.75, 3.05) is 34.0 Å². The van der Waals surface area contributed by atoms with Gasteiger partial charge in [0.15, 0.2) is 6.29 Å². The average molecular weight is 389 g/mol. The molecule has 1 saturated heterocycles. The number of dihydropyridines is 1. The van der Waals surface area contributed by atoms with Crippen molar-refractivity contribution >= 4 is 17.7 Å². The highest BCUT2D eigenvalue weighted by Gasteiger charge is 2.44. The first-order valence-electron chi connectivity index (χ1n) is 8.17. The van der Waals surface area contributed by atoms with Crippen molar-refractivity contribution < 1.29 is 49.0 Å². The van der Waals surface area contributed by atoms with Gasteiger partial charge in [0.2, 0.25) is 0 Å². The Kier molecular flexibility index (Phi) is 7.41. The van der Waals surface area contributed by atoms with Gasteiger partial charge in [-0.25, -0.2) is 9.59 Å². The van der Waals surface area contributed by atoms with Gasteiger partial charge in [0.05, 0.1) is 39.6 Å². The summed E-state index contributed by atoms with van der Waals surface area (Å²) < 4.78 is 20.0. The zero-order valence-electron chi connectivity index (χ0n) is 14.9. The first-order valence-corrected chi connectivity index (χ1v) is 8.17. The molecule has 11 heteroatoms. The van der Waals surface area contributed by atoms with Crippen LogP contribution in [0.3, 0.4) is 0 Å². The minimum atomic E-state index is -1.59. The van der Waals surface area contributed by atoms with E-state index in [2.05, 4.69) is 9.73 Å². The lowest BCUT2D eigenvalue weighted by molar-refractivity contribution is -0.299. The predicted octanol–water partition coefficient (Wildman–Crippen LogP) is -2.71. The summed E-state index contributed by atoms with van der Waals surface area (Å²) in [6.45, 7) is -0.951. The molecular formula is C16H23NO10. The fourth-order valence-corrected chi connectivity index (χ4v) is 2.76. The molecule has 0 spiro atoms. The van der Waals surface area contributed by atoms with Gasteiger partial charge in [-0.1, -0.05) is 0 Å². The smallest absolute Gasteiger partial charge is 0.352 e. The summed E-state index contributed by atoms with van der Waals surface area (Å²) in [6.07, 6.45) is -7.21. The van der Waals surface area contributed by atoms with Gasteiger partial charge in [-0.2, -0.15) is 0 Å². The van der Waals surface area contributed by atoms with E-state index in [0.29, 0.717) is 5.57 Å². The maximum absolute atomic E-state index is 11.9. The molecule has 0 radical (unpaired) electrons. The summed E-state index contributed by atoms with van der Waals surface area (Å²) in [4.78, 5) is 27.6. The van der Waals surface area contributed by atoms with Crippen molar-refractivity contribution in [3.05, 3.63) is 11.1 Å². The Hall–Kier alpha value is -1.89. The van der Waals surface area contributed by atoms with Gasteiger partial charge in [-0.15, -0.1) is 0 Å². The Labute approximate surface area is 154 Å². The molecule has 2 aliphatic heterocycles. The number of rotatable bonds is 6. The molecule has 0 saturated carbocycles. The van der Waals surface area contributed by atoms with Crippen LogP contribution in [0.1, 0.15) is 6.42 Å². The van der Waals surface area contributed by atoms with Crippen molar-refractivity contribution in [1.82, 2.24) is 0 Å². The summed E-state index contributed by atoms with van der Waals surface area (Å²) in [5, 5.41) is 38.8. The largest absolute Gasteiger partial charge is 0.466 e. The van der Waals surface area contributed by atoms with Gasteiger partial charge in [0.1, 0.15) is 30.1 Å². The highest BCUT2D eigenvalue weighted by atomic mass is 16.7. The lowest BCUT2D eigenvalue weighted by Gasteiger charge is -2.39. The number of methoxy groups -OCH3 is 2. The van der Waals surface area contributed by atoms with E-state index in [1.54, 1.807) is 0 Å². The third-order valence-corrected chi connectivity index (χ3v) is 4.36. The van der Waals surface area contributed by atoms with E-state index < -0.39 is 49.3 Å². The van der Waals surface area contributed by atoms with Crippen molar-refractivity contribution in [2.45, 2.75) is 37.1 Å². The molecule has 11 nitrogen and oxygen atoms in total. The van der Waals surface area contributed by atoms with E-state index in [1.165, 1.54) is 14.2 Å². The molecule has 2 rings (SSSR count). The Balaban J connectivity index is 2.13. The third-order valence-electron chi connectivity index (χ3n) is 4.36. The predicted molar refractivity (Wildman–Crippen MR) is 87.7 cm³/mol. The van der Waals surface area contributed by atoms with Crippen molar-refractivity contribution in [2.24, 2.45) is 4.99 Å². The highest BCUT2D eigenvalue weighted by Crippen LogP contribution is 2.24. The molecular weight excluding hydrogens is 366 g/mol. The number of carbonyl (C=O) groups is 2. The molecule has 0 aliphatic carbocycles. The van der Waals surface area contributed by atoms with Crippen LogP contribution >= 0.6 is 0 Å². The first-order chi connectivity index (χ1) is 12.8. The minimum Gasteiger partial charge on any atom is -0.466 e.